The van der Waals surface area contributed by atoms with Gasteiger partial charge in [-0.3, -0.25) is 4.79 Å². The molecule has 0 saturated heterocycles. The summed E-state index contributed by atoms with van der Waals surface area (Å²) in [6.45, 7) is 7.75. The van der Waals surface area contributed by atoms with Gasteiger partial charge in [0.15, 0.2) is 6.29 Å². The first-order valence-corrected chi connectivity index (χ1v) is 4.12. The van der Waals surface area contributed by atoms with Crippen LogP contribution in [0.5, 0.6) is 0 Å². The Hall–Kier alpha value is -1.12. The average molecular weight is 168 g/mol. The number of aldehydes is 1. The zero-order chi connectivity index (χ0) is 9.72. The molecule has 0 unspecified atom stereocenters. The van der Waals surface area contributed by atoms with Crippen LogP contribution in [0.1, 0.15) is 35.9 Å². The van der Waals surface area contributed by atoms with Crippen molar-refractivity contribution >= 4 is 6.29 Å². The Morgan fingerprint density at radius 3 is 2.00 bits per heavy atom. The lowest BCUT2D eigenvalue weighted by molar-refractivity contribution is 0.111. The maximum Gasteiger partial charge on any atom is 0.170 e. The van der Waals surface area contributed by atoms with Crippen molar-refractivity contribution in [1.29, 1.82) is 0 Å². The van der Waals surface area contributed by atoms with E-state index in [9.17, 15) is 4.79 Å². The zero-order valence-corrected chi connectivity index (χ0v) is 8.38. The van der Waals surface area contributed by atoms with Gasteiger partial charge in [-0.15, -0.1) is 0 Å². The molecule has 1 heterocycles. The molecule has 3 nitrogen and oxygen atoms in total. The number of aromatic nitrogens is 2. The Morgan fingerprint density at radius 1 is 1.33 bits per heavy atom. The lowest BCUT2D eigenvalue weighted by Crippen LogP contribution is -1.93. The molecule has 68 valence electrons. The van der Waals surface area contributed by atoms with Crippen LogP contribution in [0.2, 0.25) is 0 Å². The Labute approximate surface area is 73.4 Å². The molecular weight excluding hydrogens is 152 g/mol. The summed E-state index contributed by atoms with van der Waals surface area (Å²) >= 11 is 0. The standard InChI is InChI=1S/C7H10N2O.C2H6/c1-5-7(4-10)8-6(2)9(5)3;1-2/h4H,1-3H3;1-2H3. The summed E-state index contributed by atoms with van der Waals surface area (Å²) < 4.78 is 1.89. The van der Waals surface area contributed by atoms with E-state index in [1.54, 1.807) is 0 Å². The molecule has 0 aliphatic rings. The van der Waals surface area contributed by atoms with E-state index in [0.717, 1.165) is 17.8 Å². The number of imidazole rings is 1. The molecule has 3 heteroatoms. The summed E-state index contributed by atoms with van der Waals surface area (Å²) in [5.41, 5.74) is 1.47. The van der Waals surface area contributed by atoms with Gasteiger partial charge >= 0.3 is 0 Å². The van der Waals surface area contributed by atoms with Crippen LogP contribution >= 0.6 is 0 Å². The number of hydrogen-bond donors (Lipinski definition) is 0. The summed E-state index contributed by atoms with van der Waals surface area (Å²) in [7, 11) is 1.89. The van der Waals surface area contributed by atoms with Gasteiger partial charge in [-0.1, -0.05) is 13.8 Å². The molecule has 0 radical (unpaired) electrons. The first-order chi connectivity index (χ1) is 5.66. The van der Waals surface area contributed by atoms with Gasteiger partial charge in [-0.25, -0.2) is 4.98 Å². The van der Waals surface area contributed by atoms with Crippen molar-refractivity contribution in [2.24, 2.45) is 7.05 Å². The van der Waals surface area contributed by atoms with Gasteiger partial charge in [0.1, 0.15) is 11.5 Å². The molecule has 0 amide bonds. The third-order valence-corrected chi connectivity index (χ3v) is 1.75. The van der Waals surface area contributed by atoms with Gasteiger partial charge in [0.05, 0.1) is 0 Å². The molecule has 0 aromatic carbocycles. The second-order valence-electron chi connectivity index (χ2n) is 2.31. The zero-order valence-electron chi connectivity index (χ0n) is 8.38. The van der Waals surface area contributed by atoms with E-state index in [1.165, 1.54) is 0 Å². The molecule has 0 N–H and O–H groups in total. The van der Waals surface area contributed by atoms with Crippen LogP contribution in [-0.2, 0) is 7.05 Å². The number of hydrogen-bond acceptors (Lipinski definition) is 2. The normalized spacial score (nSPS) is 8.75. The first-order valence-electron chi connectivity index (χ1n) is 4.12. The van der Waals surface area contributed by atoms with E-state index >= 15 is 0 Å². The minimum atomic E-state index is 0.542. The number of rotatable bonds is 1. The average Bonchev–Trinajstić information content (AvgIpc) is 2.36. The third-order valence-electron chi connectivity index (χ3n) is 1.75. The van der Waals surface area contributed by atoms with Gasteiger partial charge in [0.25, 0.3) is 0 Å². The van der Waals surface area contributed by atoms with Crippen molar-refractivity contribution in [3.05, 3.63) is 17.2 Å². The fraction of sp³-hybridized carbons (Fsp3) is 0.556. The molecule has 0 bridgehead atoms. The number of carbonyl (C=O) groups excluding carboxylic acids is 1. The second-order valence-corrected chi connectivity index (χ2v) is 2.31. The quantitative estimate of drug-likeness (QED) is 0.600. The van der Waals surface area contributed by atoms with Crippen LogP contribution in [0, 0.1) is 13.8 Å². The van der Waals surface area contributed by atoms with Crippen LogP contribution in [0.3, 0.4) is 0 Å². The van der Waals surface area contributed by atoms with Crippen LogP contribution in [0.15, 0.2) is 0 Å². The van der Waals surface area contributed by atoms with E-state index in [-0.39, 0.29) is 0 Å². The van der Waals surface area contributed by atoms with Crippen LogP contribution in [0.4, 0.5) is 0 Å². The predicted molar refractivity (Wildman–Crippen MR) is 49.4 cm³/mol. The molecule has 0 saturated carbocycles. The van der Waals surface area contributed by atoms with Crippen LogP contribution in [0.25, 0.3) is 0 Å². The topological polar surface area (TPSA) is 34.9 Å². The molecule has 0 spiro atoms. The van der Waals surface area contributed by atoms with Crippen molar-refractivity contribution in [2.75, 3.05) is 0 Å². The van der Waals surface area contributed by atoms with Crippen molar-refractivity contribution in [1.82, 2.24) is 9.55 Å². The van der Waals surface area contributed by atoms with Gasteiger partial charge in [-0.05, 0) is 13.8 Å². The molecular formula is C9H16N2O. The summed E-state index contributed by atoms with van der Waals surface area (Å²) in [5, 5.41) is 0. The van der Waals surface area contributed by atoms with Gasteiger partial charge < -0.3 is 4.57 Å². The van der Waals surface area contributed by atoms with E-state index in [4.69, 9.17) is 0 Å². The van der Waals surface area contributed by atoms with Crippen LogP contribution in [-0.4, -0.2) is 15.8 Å². The van der Waals surface area contributed by atoms with Crippen molar-refractivity contribution < 1.29 is 4.79 Å². The highest BCUT2D eigenvalue weighted by Crippen LogP contribution is 2.04. The highest BCUT2D eigenvalue weighted by molar-refractivity contribution is 5.73. The lowest BCUT2D eigenvalue weighted by atomic mass is 10.4. The third kappa shape index (κ3) is 1.94. The molecule has 0 aliphatic heterocycles. The number of nitrogens with zero attached hydrogens (tertiary/aromatic N) is 2. The molecule has 12 heavy (non-hydrogen) atoms. The van der Waals surface area contributed by atoms with Gasteiger partial charge in [0, 0.05) is 12.7 Å². The summed E-state index contributed by atoms with van der Waals surface area (Å²) in [4.78, 5) is 14.3. The van der Waals surface area contributed by atoms with E-state index in [0.29, 0.717) is 5.69 Å². The van der Waals surface area contributed by atoms with Crippen molar-refractivity contribution in [3.63, 3.8) is 0 Å². The fourth-order valence-corrected chi connectivity index (χ4v) is 0.856. The van der Waals surface area contributed by atoms with Gasteiger partial charge in [-0.2, -0.15) is 0 Å². The number of aryl methyl sites for hydroxylation is 1. The van der Waals surface area contributed by atoms with E-state index in [2.05, 4.69) is 4.98 Å². The Kier molecular flexibility index (Phi) is 4.26. The fourth-order valence-electron chi connectivity index (χ4n) is 0.856. The molecule has 0 fully saturated rings. The maximum atomic E-state index is 10.3. The highest BCUT2D eigenvalue weighted by Gasteiger charge is 2.04. The lowest BCUT2D eigenvalue weighted by Gasteiger charge is -1.94. The van der Waals surface area contributed by atoms with E-state index in [1.807, 2.05) is 39.3 Å². The van der Waals surface area contributed by atoms with Crippen LogP contribution < -0.4 is 0 Å². The van der Waals surface area contributed by atoms with Crippen molar-refractivity contribution in [2.45, 2.75) is 27.7 Å². The predicted octanol–water partition coefficient (Wildman–Crippen LogP) is 1.88. The molecule has 0 atom stereocenters. The minimum Gasteiger partial charge on any atom is -0.335 e. The summed E-state index contributed by atoms with van der Waals surface area (Å²) in [5.74, 6) is 0.875. The summed E-state index contributed by atoms with van der Waals surface area (Å²) in [6.07, 6.45) is 0.780. The monoisotopic (exact) mass is 168 g/mol. The Balaban J connectivity index is 0.000000561. The minimum absolute atomic E-state index is 0.542. The first kappa shape index (κ1) is 10.9. The second kappa shape index (κ2) is 4.70. The molecule has 1 aromatic heterocycles. The molecule has 0 aliphatic carbocycles. The summed E-state index contributed by atoms with van der Waals surface area (Å²) in [6, 6.07) is 0. The smallest absolute Gasteiger partial charge is 0.170 e. The highest BCUT2D eigenvalue weighted by atomic mass is 16.1. The molecule has 1 rings (SSSR count). The largest absolute Gasteiger partial charge is 0.335 e. The Morgan fingerprint density at radius 2 is 1.83 bits per heavy atom. The number of carbonyl (C=O) groups is 1. The molecule has 1 aromatic rings. The van der Waals surface area contributed by atoms with Crippen molar-refractivity contribution in [3.8, 4) is 0 Å². The van der Waals surface area contributed by atoms with E-state index < -0.39 is 0 Å². The maximum absolute atomic E-state index is 10.3. The SMILES string of the molecule is CC.Cc1nc(C=O)c(C)n1C. The van der Waals surface area contributed by atoms with Gasteiger partial charge in [0.2, 0.25) is 0 Å². The Bertz CT molecular complexity index is 264.